The van der Waals surface area contributed by atoms with Crippen LogP contribution in [0.5, 0.6) is 0 Å². The molecule has 0 heterocycles. The summed E-state index contributed by atoms with van der Waals surface area (Å²) in [6.45, 7) is 2.22. The first-order valence-electron chi connectivity index (χ1n) is 11.3. The van der Waals surface area contributed by atoms with Gasteiger partial charge in [-0.15, -0.1) is 0 Å². The predicted octanol–water partition coefficient (Wildman–Crippen LogP) is 6.78. The Bertz CT molecular complexity index is 1040. The standard InChI is InChI=1S/C29H30/c1-2-21-7-9-22(10-8-21)11-12-23-13-14-26-19-29(20-28(26)17-23)27-16-15-24-5-3-4-6-25(24)18-27/h3-10,13-14,17,20,27H,2,11-12,15-16,18-19H2,1H3. The second kappa shape index (κ2) is 8.03. The van der Waals surface area contributed by atoms with Crippen molar-refractivity contribution in [2.24, 2.45) is 5.92 Å². The van der Waals surface area contributed by atoms with Gasteiger partial charge in [-0.05, 0) is 89.8 Å². The van der Waals surface area contributed by atoms with E-state index in [1.54, 1.807) is 16.7 Å². The van der Waals surface area contributed by atoms with Gasteiger partial charge in [0.2, 0.25) is 0 Å². The van der Waals surface area contributed by atoms with Crippen LogP contribution in [0.25, 0.3) is 6.08 Å². The van der Waals surface area contributed by atoms with E-state index in [2.05, 4.69) is 79.7 Å². The van der Waals surface area contributed by atoms with Gasteiger partial charge in [0.05, 0.1) is 0 Å². The van der Waals surface area contributed by atoms with Crippen molar-refractivity contribution in [2.45, 2.75) is 51.9 Å². The maximum atomic E-state index is 2.51. The second-order valence-electron chi connectivity index (χ2n) is 8.81. The number of fused-ring (bicyclic) bond motifs is 2. The van der Waals surface area contributed by atoms with Crippen molar-refractivity contribution in [3.8, 4) is 0 Å². The predicted molar refractivity (Wildman–Crippen MR) is 123 cm³/mol. The van der Waals surface area contributed by atoms with Crippen LogP contribution in [-0.2, 0) is 38.5 Å². The van der Waals surface area contributed by atoms with Crippen molar-refractivity contribution in [1.82, 2.24) is 0 Å². The molecule has 0 radical (unpaired) electrons. The lowest BCUT2D eigenvalue weighted by atomic mass is 9.79. The summed E-state index contributed by atoms with van der Waals surface area (Å²) < 4.78 is 0. The van der Waals surface area contributed by atoms with Gasteiger partial charge in [0.15, 0.2) is 0 Å². The molecule has 2 aliphatic rings. The van der Waals surface area contributed by atoms with Gasteiger partial charge in [-0.25, -0.2) is 0 Å². The molecule has 3 aromatic rings. The highest BCUT2D eigenvalue weighted by Crippen LogP contribution is 2.37. The van der Waals surface area contributed by atoms with Gasteiger partial charge < -0.3 is 0 Å². The summed E-state index contributed by atoms with van der Waals surface area (Å²) in [7, 11) is 0. The van der Waals surface area contributed by atoms with Crippen molar-refractivity contribution in [1.29, 1.82) is 0 Å². The Morgan fingerprint density at radius 3 is 2.31 bits per heavy atom. The van der Waals surface area contributed by atoms with Crippen molar-refractivity contribution in [3.63, 3.8) is 0 Å². The van der Waals surface area contributed by atoms with Crippen LogP contribution in [0.1, 0.15) is 52.3 Å². The number of rotatable bonds is 5. The Balaban J connectivity index is 1.27. The SMILES string of the molecule is CCc1ccc(CCc2ccc3c(c2)C=C(C2CCc4ccccc4C2)C3)cc1. The molecule has 5 rings (SSSR count). The molecule has 3 aromatic carbocycles. The molecule has 29 heavy (non-hydrogen) atoms. The van der Waals surface area contributed by atoms with E-state index in [1.165, 1.54) is 47.1 Å². The normalized spacial score (nSPS) is 17.6. The van der Waals surface area contributed by atoms with Gasteiger partial charge in [-0.3, -0.25) is 0 Å². The first-order valence-corrected chi connectivity index (χ1v) is 11.3. The van der Waals surface area contributed by atoms with E-state index in [1.807, 2.05) is 0 Å². The number of aryl methyl sites for hydroxylation is 4. The van der Waals surface area contributed by atoms with Crippen LogP contribution in [0.4, 0.5) is 0 Å². The molecule has 0 saturated heterocycles. The lowest BCUT2D eigenvalue weighted by molar-refractivity contribution is 0.521. The molecule has 0 amide bonds. The Labute approximate surface area is 175 Å². The van der Waals surface area contributed by atoms with Crippen LogP contribution in [0.3, 0.4) is 0 Å². The van der Waals surface area contributed by atoms with E-state index >= 15 is 0 Å². The van der Waals surface area contributed by atoms with Crippen molar-refractivity contribution < 1.29 is 0 Å². The molecule has 0 aromatic heterocycles. The smallest absolute Gasteiger partial charge is 0.00549 e. The molecular weight excluding hydrogens is 348 g/mol. The number of hydrogen-bond acceptors (Lipinski definition) is 0. The van der Waals surface area contributed by atoms with E-state index < -0.39 is 0 Å². The minimum absolute atomic E-state index is 0.720. The molecule has 0 spiro atoms. The molecule has 0 nitrogen and oxygen atoms in total. The number of benzene rings is 3. The third-order valence-electron chi connectivity index (χ3n) is 6.95. The van der Waals surface area contributed by atoms with E-state index in [0.717, 1.165) is 31.6 Å². The first-order chi connectivity index (χ1) is 14.3. The second-order valence-corrected chi connectivity index (χ2v) is 8.81. The minimum Gasteiger partial charge on any atom is -0.0620 e. The topological polar surface area (TPSA) is 0 Å². The first kappa shape index (κ1) is 18.4. The number of hydrogen-bond donors (Lipinski definition) is 0. The van der Waals surface area contributed by atoms with Gasteiger partial charge in [-0.2, -0.15) is 0 Å². The highest BCUT2D eigenvalue weighted by Gasteiger charge is 2.25. The number of allylic oxidation sites excluding steroid dienone is 1. The third kappa shape index (κ3) is 3.94. The van der Waals surface area contributed by atoms with Crippen LogP contribution in [-0.4, -0.2) is 0 Å². The van der Waals surface area contributed by atoms with Crippen LogP contribution >= 0.6 is 0 Å². The van der Waals surface area contributed by atoms with E-state index in [9.17, 15) is 0 Å². The Morgan fingerprint density at radius 2 is 1.48 bits per heavy atom. The fourth-order valence-corrected chi connectivity index (χ4v) is 5.07. The molecule has 0 fully saturated rings. The van der Waals surface area contributed by atoms with Crippen LogP contribution < -0.4 is 0 Å². The van der Waals surface area contributed by atoms with Crippen LogP contribution in [0.15, 0.2) is 72.3 Å². The summed E-state index contributed by atoms with van der Waals surface area (Å²) in [5.74, 6) is 0.720. The summed E-state index contributed by atoms with van der Waals surface area (Å²) in [6, 6.07) is 25.3. The monoisotopic (exact) mass is 378 g/mol. The fourth-order valence-electron chi connectivity index (χ4n) is 5.07. The maximum absolute atomic E-state index is 2.51. The van der Waals surface area contributed by atoms with E-state index in [4.69, 9.17) is 0 Å². The highest BCUT2D eigenvalue weighted by molar-refractivity contribution is 5.65. The Hall–Kier alpha value is -2.60. The molecule has 0 aliphatic heterocycles. The third-order valence-corrected chi connectivity index (χ3v) is 6.95. The van der Waals surface area contributed by atoms with Gasteiger partial charge in [-0.1, -0.05) is 85.3 Å². The van der Waals surface area contributed by atoms with E-state index in [0.29, 0.717) is 0 Å². The summed E-state index contributed by atoms with van der Waals surface area (Å²) in [5, 5.41) is 0. The molecule has 146 valence electrons. The average molecular weight is 379 g/mol. The fraction of sp³-hybridized carbons (Fsp3) is 0.310. The zero-order valence-corrected chi connectivity index (χ0v) is 17.5. The molecule has 1 unspecified atom stereocenters. The Kier molecular flexibility index (Phi) is 5.10. The molecule has 2 aliphatic carbocycles. The summed E-state index contributed by atoms with van der Waals surface area (Å²) in [4.78, 5) is 0. The minimum atomic E-state index is 0.720. The van der Waals surface area contributed by atoms with Gasteiger partial charge in [0, 0.05) is 0 Å². The summed E-state index contributed by atoms with van der Waals surface area (Å²) in [5.41, 5.74) is 12.1. The average Bonchev–Trinajstić information content (AvgIpc) is 3.21. The van der Waals surface area contributed by atoms with Gasteiger partial charge in [0.1, 0.15) is 0 Å². The molecule has 0 bridgehead atoms. The summed E-state index contributed by atoms with van der Waals surface area (Å²) >= 11 is 0. The lowest BCUT2D eigenvalue weighted by Gasteiger charge is -2.25. The van der Waals surface area contributed by atoms with Crippen molar-refractivity contribution in [2.75, 3.05) is 0 Å². The lowest BCUT2D eigenvalue weighted by Crippen LogP contribution is -2.16. The van der Waals surface area contributed by atoms with Gasteiger partial charge in [0.25, 0.3) is 0 Å². The van der Waals surface area contributed by atoms with Gasteiger partial charge >= 0.3 is 0 Å². The zero-order valence-electron chi connectivity index (χ0n) is 17.5. The quantitative estimate of drug-likeness (QED) is 0.459. The zero-order chi connectivity index (χ0) is 19.6. The van der Waals surface area contributed by atoms with Crippen molar-refractivity contribution in [3.05, 3.63) is 111 Å². The van der Waals surface area contributed by atoms with Crippen molar-refractivity contribution >= 4 is 6.08 Å². The largest absolute Gasteiger partial charge is 0.0620 e. The highest BCUT2D eigenvalue weighted by atomic mass is 14.3. The Morgan fingerprint density at radius 1 is 0.759 bits per heavy atom. The molecule has 0 heteroatoms. The van der Waals surface area contributed by atoms with Crippen LogP contribution in [0.2, 0.25) is 0 Å². The molecule has 0 saturated carbocycles. The molecule has 0 N–H and O–H groups in total. The molecular formula is C29H30. The van der Waals surface area contributed by atoms with Crippen LogP contribution in [0, 0.1) is 5.92 Å². The van der Waals surface area contributed by atoms with E-state index in [-0.39, 0.29) is 0 Å². The summed E-state index contributed by atoms with van der Waals surface area (Å²) in [6.07, 6.45) is 10.8. The maximum Gasteiger partial charge on any atom is -0.00549 e. The molecule has 1 atom stereocenters.